The Balaban J connectivity index is 1.53. The molecule has 0 aliphatic heterocycles. The van der Waals surface area contributed by atoms with Crippen LogP contribution in [0.3, 0.4) is 0 Å². The maximum atomic E-state index is 12.1. The molecule has 2 aromatic carbocycles. The molecule has 4 heteroatoms. The summed E-state index contributed by atoms with van der Waals surface area (Å²) < 4.78 is 0. The van der Waals surface area contributed by atoms with E-state index in [4.69, 9.17) is 0 Å². The first kappa shape index (κ1) is 16.0. The van der Waals surface area contributed by atoms with Gasteiger partial charge in [0.15, 0.2) is 0 Å². The fourth-order valence-corrected chi connectivity index (χ4v) is 2.70. The normalized spacial score (nSPS) is 11.9. The first-order valence-corrected chi connectivity index (χ1v) is 8.16. The number of nitrogens with one attached hydrogen (secondary N) is 2. The number of nitrogens with zero attached hydrogens (tertiary/aromatic N) is 1. The molecule has 1 aromatic heterocycles. The Bertz CT molecular complexity index is 812. The van der Waals surface area contributed by atoms with Crippen LogP contribution >= 0.6 is 0 Å². The number of fused-ring (bicyclic) bond motifs is 1. The Labute approximate surface area is 141 Å². The Kier molecular flexibility index (Phi) is 5.06. The van der Waals surface area contributed by atoms with Crippen LogP contribution in [0.25, 0.3) is 10.9 Å². The van der Waals surface area contributed by atoms with Gasteiger partial charge in [-0.25, -0.2) is 0 Å². The third-order valence-electron chi connectivity index (χ3n) is 3.98. The lowest BCUT2D eigenvalue weighted by Crippen LogP contribution is -2.28. The van der Waals surface area contributed by atoms with Crippen LogP contribution in [-0.4, -0.2) is 17.4 Å². The number of rotatable bonds is 6. The lowest BCUT2D eigenvalue weighted by Gasteiger charge is -2.15. The number of carbonyl (C=O) groups excluding carboxylic acids is 1. The SMILES string of the molecule is CC(NC(=O)CCNc1cccc2cccnc12)c1ccccc1. The van der Waals surface area contributed by atoms with Gasteiger partial charge in [-0.3, -0.25) is 9.78 Å². The molecule has 2 N–H and O–H groups in total. The molecule has 1 atom stereocenters. The van der Waals surface area contributed by atoms with Crippen LogP contribution in [-0.2, 0) is 4.79 Å². The molecule has 0 bridgehead atoms. The summed E-state index contributed by atoms with van der Waals surface area (Å²) in [7, 11) is 0. The van der Waals surface area contributed by atoms with Crippen LogP contribution in [0.15, 0.2) is 66.9 Å². The Morgan fingerprint density at radius 2 is 1.83 bits per heavy atom. The molecule has 0 aliphatic carbocycles. The Morgan fingerprint density at radius 3 is 2.67 bits per heavy atom. The van der Waals surface area contributed by atoms with Gasteiger partial charge < -0.3 is 10.6 Å². The van der Waals surface area contributed by atoms with Crippen molar-refractivity contribution < 1.29 is 4.79 Å². The van der Waals surface area contributed by atoms with Crippen molar-refractivity contribution in [3.8, 4) is 0 Å². The van der Waals surface area contributed by atoms with E-state index >= 15 is 0 Å². The van der Waals surface area contributed by atoms with Gasteiger partial charge in [0.2, 0.25) is 5.91 Å². The largest absolute Gasteiger partial charge is 0.383 e. The highest BCUT2D eigenvalue weighted by Crippen LogP contribution is 2.20. The predicted octanol–water partition coefficient (Wildman–Crippen LogP) is 3.91. The molecule has 3 rings (SSSR count). The van der Waals surface area contributed by atoms with Crippen LogP contribution in [0.5, 0.6) is 0 Å². The predicted molar refractivity (Wildman–Crippen MR) is 97.8 cm³/mol. The van der Waals surface area contributed by atoms with Crippen molar-refractivity contribution >= 4 is 22.5 Å². The number of amides is 1. The number of hydrogen-bond acceptors (Lipinski definition) is 3. The summed E-state index contributed by atoms with van der Waals surface area (Å²) in [6.07, 6.45) is 2.20. The molecular weight excluding hydrogens is 298 g/mol. The standard InChI is InChI=1S/C20H21N3O/c1-15(16-7-3-2-4-8-16)23-19(24)12-14-21-18-11-5-9-17-10-6-13-22-20(17)18/h2-11,13,15,21H,12,14H2,1H3,(H,23,24). The highest BCUT2D eigenvalue weighted by molar-refractivity contribution is 5.90. The van der Waals surface area contributed by atoms with Gasteiger partial charge in [-0.05, 0) is 24.6 Å². The highest BCUT2D eigenvalue weighted by Gasteiger charge is 2.09. The molecule has 1 heterocycles. The first-order chi connectivity index (χ1) is 11.7. The van der Waals surface area contributed by atoms with Gasteiger partial charge in [-0.2, -0.15) is 0 Å². The van der Waals surface area contributed by atoms with E-state index in [-0.39, 0.29) is 11.9 Å². The van der Waals surface area contributed by atoms with Crippen molar-refractivity contribution in [1.82, 2.24) is 10.3 Å². The smallest absolute Gasteiger partial charge is 0.222 e. The van der Waals surface area contributed by atoms with Crippen LogP contribution in [0, 0.1) is 0 Å². The summed E-state index contributed by atoms with van der Waals surface area (Å²) in [5, 5.41) is 7.42. The van der Waals surface area contributed by atoms with E-state index < -0.39 is 0 Å². The maximum absolute atomic E-state index is 12.1. The number of para-hydroxylation sites is 1. The summed E-state index contributed by atoms with van der Waals surface area (Å²) in [6.45, 7) is 2.57. The molecule has 0 saturated heterocycles. The van der Waals surface area contributed by atoms with Gasteiger partial charge in [0.05, 0.1) is 17.2 Å². The minimum atomic E-state index is 0.0120. The molecule has 24 heavy (non-hydrogen) atoms. The Morgan fingerprint density at radius 1 is 1.04 bits per heavy atom. The molecule has 0 saturated carbocycles. The summed E-state index contributed by atoms with van der Waals surface area (Å²) in [5.74, 6) is 0.0343. The van der Waals surface area contributed by atoms with Crippen molar-refractivity contribution in [2.75, 3.05) is 11.9 Å². The highest BCUT2D eigenvalue weighted by atomic mass is 16.1. The van der Waals surface area contributed by atoms with Crippen LogP contribution < -0.4 is 10.6 Å². The van der Waals surface area contributed by atoms with Crippen molar-refractivity contribution in [2.45, 2.75) is 19.4 Å². The van der Waals surface area contributed by atoms with E-state index in [1.807, 2.05) is 67.6 Å². The monoisotopic (exact) mass is 319 g/mol. The molecule has 0 spiro atoms. The number of hydrogen-bond donors (Lipinski definition) is 2. The molecule has 0 fully saturated rings. The van der Waals surface area contributed by atoms with Gasteiger partial charge in [0.25, 0.3) is 0 Å². The zero-order valence-corrected chi connectivity index (χ0v) is 13.7. The van der Waals surface area contributed by atoms with E-state index in [1.54, 1.807) is 6.20 Å². The zero-order valence-electron chi connectivity index (χ0n) is 13.7. The van der Waals surface area contributed by atoms with E-state index in [0.717, 1.165) is 22.2 Å². The zero-order chi connectivity index (χ0) is 16.8. The van der Waals surface area contributed by atoms with E-state index in [9.17, 15) is 4.79 Å². The summed E-state index contributed by atoms with van der Waals surface area (Å²) in [5.41, 5.74) is 2.99. The summed E-state index contributed by atoms with van der Waals surface area (Å²) >= 11 is 0. The van der Waals surface area contributed by atoms with Gasteiger partial charge in [0.1, 0.15) is 0 Å². The van der Waals surface area contributed by atoms with Gasteiger partial charge in [0, 0.05) is 24.5 Å². The maximum Gasteiger partial charge on any atom is 0.222 e. The van der Waals surface area contributed by atoms with Crippen LogP contribution in [0.4, 0.5) is 5.69 Å². The minimum absolute atomic E-state index is 0.0120. The third kappa shape index (κ3) is 3.90. The summed E-state index contributed by atoms with van der Waals surface area (Å²) in [4.78, 5) is 16.5. The molecule has 1 unspecified atom stereocenters. The quantitative estimate of drug-likeness (QED) is 0.724. The average Bonchev–Trinajstić information content (AvgIpc) is 2.62. The lowest BCUT2D eigenvalue weighted by atomic mass is 10.1. The number of pyridine rings is 1. The molecule has 0 aliphatic rings. The second kappa shape index (κ2) is 7.59. The molecule has 122 valence electrons. The number of aromatic nitrogens is 1. The minimum Gasteiger partial charge on any atom is -0.383 e. The average molecular weight is 319 g/mol. The van der Waals surface area contributed by atoms with E-state index in [2.05, 4.69) is 15.6 Å². The fourth-order valence-electron chi connectivity index (χ4n) is 2.70. The Hall–Kier alpha value is -2.88. The summed E-state index contributed by atoms with van der Waals surface area (Å²) in [6, 6.07) is 19.9. The van der Waals surface area contributed by atoms with E-state index in [1.165, 1.54) is 0 Å². The number of benzene rings is 2. The second-order valence-electron chi connectivity index (χ2n) is 5.76. The molecule has 4 nitrogen and oxygen atoms in total. The second-order valence-corrected chi connectivity index (χ2v) is 5.76. The van der Waals surface area contributed by atoms with Crippen LogP contribution in [0.2, 0.25) is 0 Å². The lowest BCUT2D eigenvalue weighted by molar-refractivity contribution is -0.121. The molecule has 3 aromatic rings. The van der Waals surface area contributed by atoms with Gasteiger partial charge in [-0.15, -0.1) is 0 Å². The van der Waals surface area contributed by atoms with Crippen molar-refractivity contribution in [1.29, 1.82) is 0 Å². The first-order valence-electron chi connectivity index (χ1n) is 8.16. The molecule has 1 amide bonds. The van der Waals surface area contributed by atoms with Gasteiger partial charge in [-0.1, -0.05) is 48.5 Å². The fraction of sp³-hybridized carbons (Fsp3) is 0.200. The van der Waals surface area contributed by atoms with Gasteiger partial charge >= 0.3 is 0 Å². The van der Waals surface area contributed by atoms with Crippen molar-refractivity contribution in [3.05, 3.63) is 72.4 Å². The number of anilines is 1. The van der Waals surface area contributed by atoms with Crippen molar-refractivity contribution in [2.24, 2.45) is 0 Å². The number of carbonyl (C=O) groups is 1. The molecule has 0 radical (unpaired) electrons. The topological polar surface area (TPSA) is 54.0 Å². The van der Waals surface area contributed by atoms with Crippen LogP contribution in [0.1, 0.15) is 24.9 Å². The third-order valence-corrected chi connectivity index (χ3v) is 3.98. The van der Waals surface area contributed by atoms with Crippen molar-refractivity contribution in [3.63, 3.8) is 0 Å². The van der Waals surface area contributed by atoms with E-state index in [0.29, 0.717) is 13.0 Å². The molecular formula is C20H21N3O.